The van der Waals surface area contributed by atoms with Gasteiger partial charge in [-0.1, -0.05) is 34.1 Å². The third kappa shape index (κ3) is 2.45. The summed E-state index contributed by atoms with van der Waals surface area (Å²) in [6.45, 7) is 0.637. The van der Waals surface area contributed by atoms with Crippen molar-refractivity contribution < 1.29 is 9.59 Å². The largest absolute Gasteiger partial charge is 0.381 e. The van der Waals surface area contributed by atoms with Crippen LogP contribution in [-0.2, 0) is 6.54 Å². The van der Waals surface area contributed by atoms with Crippen LogP contribution in [0.5, 0.6) is 0 Å². The summed E-state index contributed by atoms with van der Waals surface area (Å²) in [4.78, 5) is 24.9. The number of hydrogen-bond acceptors (Lipinski definition) is 3. The van der Waals surface area contributed by atoms with E-state index in [1.54, 1.807) is 12.1 Å². The molecule has 2 aromatic carbocycles. The second kappa shape index (κ2) is 5.33. The Labute approximate surface area is 130 Å². The molecule has 0 fully saturated rings. The number of benzene rings is 2. The summed E-state index contributed by atoms with van der Waals surface area (Å²) in [5, 5.41) is 3.27. The zero-order valence-electron chi connectivity index (χ0n) is 11.4. The molecule has 0 spiro atoms. The molecule has 0 aromatic heterocycles. The molecular weight excluding hydrogens is 332 g/mol. The molecule has 0 aliphatic carbocycles. The fraction of sp³-hybridized carbons (Fsp3) is 0.125. The molecule has 1 heterocycles. The lowest BCUT2D eigenvalue weighted by molar-refractivity contribution is 0.0693. The quantitative estimate of drug-likeness (QED) is 0.869. The van der Waals surface area contributed by atoms with Crippen molar-refractivity contribution in [3.05, 3.63) is 63.6 Å². The van der Waals surface area contributed by atoms with E-state index < -0.39 is 0 Å². The third-order valence-corrected chi connectivity index (χ3v) is 4.30. The second-order valence-electron chi connectivity index (χ2n) is 4.87. The van der Waals surface area contributed by atoms with Crippen LogP contribution < -0.4 is 5.32 Å². The van der Waals surface area contributed by atoms with Crippen LogP contribution in [0.4, 0.5) is 5.69 Å². The highest BCUT2D eigenvalue weighted by atomic mass is 79.9. The molecule has 106 valence electrons. The number of halogens is 1. The van der Waals surface area contributed by atoms with E-state index in [-0.39, 0.29) is 11.8 Å². The van der Waals surface area contributed by atoms with Crippen LogP contribution >= 0.6 is 15.9 Å². The number of rotatable bonds is 3. The molecule has 1 N–H and O–H groups in total. The molecule has 2 aromatic rings. The van der Waals surface area contributed by atoms with E-state index in [9.17, 15) is 9.59 Å². The minimum absolute atomic E-state index is 0.243. The van der Waals surface area contributed by atoms with Crippen molar-refractivity contribution in [2.45, 2.75) is 6.54 Å². The van der Waals surface area contributed by atoms with Crippen LogP contribution in [0.1, 0.15) is 26.3 Å². The number of carbonyl (C=O) groups is 2. The first-order valence-electron chi connectivity index (χ1n) is 6.51. The Kier molecular flexibility index (Phi) is 3.51. The first kappa shape index (κ1) is 13.8. The summed E-state index contributed by atoms with van der Waals surface area (Å²) >= 11 is 3.50. The van der Waals surface area contributed by atoms with Crippen molar-refractivity contribution in [2.75, 3.05) is 12.4 Å². The summed E-state index contributed by atoms with van der Waals surface area (Å²) in [6.07, 6.45) is 0. The van der Waals surface area contributed by atoms with E-state index in [4.69, 9.17) is 0 Å². The van der Waals surface area contributed by atoms with Crippen molar-refractivity contribution >= 4 is 33.4 Å². The van der Waals surface area contributed by atoms with Crippen LogP contribution in [0.15, 0.2) is 46.9 Å². The Balaban J connectivity index is 1.82. The molecule has 21 heavy (non-hydrogen) atoms. The Hall–Kier alpha value is -2.14. The monoisotopic (exact) mass is 344 g/mol. The van der Waals surface area contributed by atoms with Crippen molar-refractivity contribution in [3.63, 3.8) is 0 Å². The predicted molar refractivity (Wildman–Crippen MR) is 84.3 cm³/mol. The van der Waals surface area contributed by atoms with Gasteiger partial charge in [0.25, 0.3) is 11.8 Å². The lowest BCUT2D eigenvalue weighted by Crippen LogP contribution is -2.24. The molecule has 0 saturated heterocycles. The fourth-order valence-electron chi connectivity index (χ4n) is 2.31. The molecule has 3 rings (SSSR count). The molecule has 1 aliphatic heterocycles. The molecule has 0 unspecified atom stereocenters. The van der Waals surface area contributed by atoms with Gasteiger partial charge in [-0.15, -0.1) is 0 Å². The number of nitrogens with one attached hydrogen (secondary N) is 1. The van der Waals surface area contributed by atoms with Gasteiger partial charge < -0.3 is 5.32 Å². The molecule has 1 aliphatic rings. The van der Waals surface area contributed by atoms with Gasteiger partial charge in [0.1, 0.15) is 0 Å². The van der Waals surface area contributed by atoms with Crippen molar-refractivity contribution in [2.24, 2.45) is 0 Å². The zero-order chi connectivity index (χ0) is 15.0. The summed E-state index contributed by atoms with van der Waals surface area (Å²) < 4.78 is 1.03. The number of nitrogens with zero attached hydrogens (tertiary/aromatic N) is 1. The first-order chi connectivity index (χ1) is 10.1. The number of anilines is 1. The Bertz CT molecular complexity index is 743. The maximum Gasteiger partial charge on any atom is 0.261 e. The number of amides is 2. The molecular formula is C16H13BrN2O2. The topological polar surface area (TPSA) is 49.4 Å². The lowest BCUT2D eigenvalue weighted by atomic mass is 10.1. The van der Waals surface area contributed by atoms with Gasteiger partial charge in [-0.05, 0) is 29.8 Å². The van der Waals surface area contributed by atoms with Gasteiger partial charge in [0.05, 0.1) is 11.1 Å². The minimum Gasteiger partial charge on any atom is -0.381 e. The smallest absolute Gasteiger partial charge is 0.261 e. The third-order valence-electron chi connectivity index (χ3n) is 3.53. The van der Waals surface area contributed by atoms with Crippen LogP contribution in [0.2, 0.25) is 0 Å². The van der Waals surface area contributed by atoms with E-state index in [2.05, 4.69) is 21.2 Å². The average Bonchev–Trinajstić information content (AvgIpc) is 2.71. The fourth-order valence-corrected chi connectivity index (χ4v) is 2.74. The van der Waals surface area contributed by atoms with Gasteiger partial charge in [0, 0.05) is 23.8 Å². The molecule has 2 amide bonds. The van der Waals surface area contributed by atoms with E-state index in [1.807, 2.05) is 30.3 Å². The van der Waals surface area contributed by atoms with E-state index >= 15 is 0 Å². The van der Waals surface area contributed by atoms with Gasteiger partial charge in [0.15, 0.2) is 0 Å². The summed E-state index contributed by atoms with van der Waals surface area (Å²) in [7, 11) is 1.50. The van der Waals surface area contributed by atoms with E-state index in [0.29, 0.717) is 17.7 Å². The molecule has 4 nitrogen and oxygen atoms in total. The SMILES string of the molecule is CN1C(=O)c2ccc(NCc3ccccc3Br)cc2C1=O. The molecule has 0 atom stereocenters. The molecule has 0 radical (unpaired) electrons. The highest BCUT2D eigenvalue weighted by Gasteiger charge is 2.32. The molecule has 0 saturated carbocycles. The second-order valence-corrected chi connectivity index (χ2v) is 5.73. The van der Waals surface area contributed by atoms with Crippen molar-refractivity contribution in [1.82, 2.24) is 4.90 Å². The van der Waals surface area contributed by atoms with Gasteiger partial charge in [0.2, 0.25) is 0 Å². The van der Waals surface area contributed by atoms with Crippen molar-refractivity contribution in [1.29, 1.82) is 0 Å². The maximum absolute atomic E-state index is 12.0. The van der Waals surface area contributed by atoms with E-state index in [1.165, 1.54) is 7.05 Å². The van der Waals surface area contributed by atoms with Crippen LogP contribution in [0.25, 0.3) is 0 Å². The summed E-state index contributed by atoms with van der Waals surface area (Å²) in [5.74, 6) is -0.494. The van der Waals surface area contributed by atoms with Gasteiger partial charge in [-0.25, -0.2) is 0 Å². The van der Waals surface area contributed by atoms with Gasteiger partial charge >= 0.3 is 0 Å². The minimum atomic E-state index is -0.250. The van der Waals surface area contributed by atoms with Crippen LogP contribution in [-0.4, -0.2) is 23.8 Å². The first-order valence-corrected chi connectivity index (χ1v) is 7.31. The van der Waals surface area contributed by atoms with Crippen LogP contribution in [0, 0.1) is 0 Å². The van der Waals surface area contributed by atoms with E-state index in [0.717, 1.165) is 20.6 Å². The van der Waals surface area contributed by atoms with Crippen molar-refractivity contribution in [3.8, 4) is 0 Å². The number of fused-ring (bicyclic) bond motifs is 1. The predicted octanol–water partition coefficient (Wildman–Crippen LogP) is 3.29. The Morgan fingerprint density at radius 3 is 2.52 bits per heavy atom. The number of imide groups is 1. The van der Waals surface area contributed by atoms with Gasteiger partial charge in [-0.2, -0.15) is 0 Å². The number of hydrogen-bond donors (Lipinski definition) is 1. The lowest BCUT2D eigenvalue weighted by Gasteiger charge is -2.09. The summed E-state index contributed by atoms with van der Waals surface area (Å²) in [5.41, 5.74) is 2.87. The Morgan fingerprint density at radius 2 is 1.76 bits per heavy atom. The normalized spacial score (nSPS) is 13.5. The molecule has 5 heteroatoms. The zero-order valence-corrected chi connectivity index (χ0v) is 13.0. The standard InChI is InChI=1S/C16H13BrN2O2/c1-19-15(20)12-7-6-11(8-13(12)16(19)21)18-9-10-4-2-3-5-14(10)17/h2-8,18H,9H2,1H3. The average molecular weight is 345 g/mol. The number of carbonyl (C=O) groups excluding carboxylic acids is 2. The van der Waals surface area contributed by atoms with Gasteiger partial charge in [-0.3, -0.25) is 14.5 Å². The Morgan fingerprint density at radius 1 is 1.05 bits per heavy atom. The highest BCUT2D eigenvalue weighted by Crippen LogP contribution is 2.25. The summed E-state index contributed by atoms with van der Waals surface area (Å²) in [6, 6.07) is 13.2. The highest BCUT2D eigenvalue weighted by molar-refractivity contribution is 9.10. The molecule has 0 bridgehead atoms. The maximum atomic E-state index is 12.0. The van der Waals surface area contributed by atoms with Crippen LogP contribution in [0.3, 0.4) is 0 Å².